The van der Waals surface area contributed by atoms with E-state index in [-0.39, 0.29) is 0 Å². The molecule has 1 atom stereocenters. The number of benzene rings is 1. The van der Waals surface area contributed by atoms with Crippen LogP contribution in [0.1, 0.15) is 12.8 Å². The van der Waals surface area contributed by atoms with E-state index in [1.165, 1.54) is 19.4 Å². The maximum absolute atomic E-state index is 5.98. The van der Waals surface area contributed by atoms with Gasteiger partial charge in [0.05, 0.1) is 11.2 Å². The Morgan fingerprint density at radius 2 is 2.26 bits per heavy atom. The number of rotatable bonds is 2. The SMILES string of the molecule is CN1CCCC(Nc2ccc(N)c3ncccc23)C1. The zero-order valence-corrected chi connectivity index (χ0v) is 11.3. The van der Waals surface area contributed by atoms with Crippen LogP contribution in [0.15, 0.2) is 30.5 Å². The van der Waals surface area contributed by atoms with Crippen molar-refractivity contribution in [2.24, 2.45) is 0 Å². The Morgan fingerprint density at radius 3 is 3.11 bits per heavy atom. The van der Waals surface area contributed by atoms with E-state index in [2.05, 4.69) is 34.4 Å². The second kappa shape index (κ2) is 5.05. The van der Waals surface area contributed by atoms with E-state index in [4.69, 9.17) is 5.73 Å². The zero-order chi connectivity index (χ0) is 13.2. The van der Waals surface area contributed by atoms with E-state index in [0.717, 1.165) is 28.8 Å². The molecule has 1 fully saturated rings. The fraction of sp³-hybridized carbons (Fsp3) is 0.400. The molecule has 0 saturated carbocycles. The van der Waals surface area contributed by atoms with Gasteiger partial charge in [0.2, 0.25) is 0 Å². The number of pyridine rings is 1. The summed E-state index contributed by atoms with van der Waals surface area (Å²) in [6.45, 7) is 2.29. The number of nitrogens with zero attached hydrogens (tertiary/aromatic N) is 2. The minimum atomic E-state index is 0.505. The highest BCUT2D eigenvalue weighted by molar-refractivity contribution is 5.98. The first-order valence-electron chi connectivity index (χ1n) is 6.82. The molecule has 0 aliphatic carbocycles. The summed E-state index contributed by atoms with van der Waals surface area (Å²) >= 11 is 0. The zero-order valence-electron chi connectivity index (χ0n) is 11.3. The Labute approximate surface area is 113 Å². The van der Waals surface area contributed by atoms with E-state index in [1.54, 1.807) is 6.20 Å². The largest absolute Gasteiger partial charge is 0.397 e. The summed E-state index contributed by atoms with van der Waals surface area (Å²) in [5, 5.41) is 4.75. The Bertz CT molecular complexity index is 581. The Hall–Kier alpha value is -1.81. The molecule has 1 aliphatic rings. The van der Waals surface area contributed by atoms with Crippen LogP contribution in [0.2, 0.25) is 0 Å². The standard InChI is InChI=1S/C15H20N4/c1-19-9-3-4-11(10-19)18-14-7-6-13(16)15-12(14)5-2-8-17-15/h2,5-8,11,18H,3-4,9-10,16H2,1H3. The predicted octanol–water partition coefficient (Wildman–Crippen LogP) is 2.32. The van der Waals surface area contributed by atoms with Crippen LogP contribution in [0.4, 0.5) is 11.4 Å². The topological polar surface area (TPSA) is 54.2 Å². The number of hydrogen-bond acceptors (Lipinski definition) is 4. The average molecular weight is 256 g/mol. The van der Waals surface area contributed by atoms with Gasteiger partial charge in [-0.1, -0.05) is 0 Å². The molecule has 0 spiro atoms. The smallest absolute Gasteiger partial charge is 0.0951 e. The summed E-state index contributed by atoms with van der Waals surface area (Å²) in [6, 6.07) is 8.54. The maximum Gasteiger partial charge on any atom is 0.0951 e. The van der Waals surface area contributed by atoms with Crippen molar-refractivity contribution in [1.82, 2.24) is 9.88 Å². The molecule has 3 N–H and O–H groups in total. The van der Waals surface area contributed by atoms with E-state index in [1.807, 2.05) is 12.1 Å². The van der Waals surface area contributed by atoms with Crippen LogP contribution in [0.25, 0.3) is 10.9 Å². The minimum absolute atomic E-state index is 0.505. The first-order valence-corrected chi connectivity index (χ1v) is 6.82. The predicted molar refractivity (Wildman–Crippen MR) is 80.3 cm³/mol. The van der Waals surface area contributed by atoms with Crippen LogP contribution in [-0.4, -0.2) is 36.1 Å². The number of aromatic nitrogens is 1. The van der Waals surface area contributed by atoms with Crippen molar-refractivity contribution in [1.29, 1.82) is 0 Å². The number of likely N-dealkylation sites (N-methyl/N-ethyl adjacent to an activating group) is 1. The molecular formula is C15H20N4. The number of likely N-dealkylation sites (tertiary alicyclic amines) is 1. The molecule has 19 heavy (non-hydrogen) atoms. The lowest BCUT2D eigenvalue weighted by Crippen LogP contribution is -2.39. The first-order chi connectivity index (χ1) is 9.24. The molecule has 1 unspecified atom stereocenters. The van der Waals surface area contributed by atoms with Crippen LogP contribution >= 0.6 is 0 Å². The Kier molecular flexibility index (Phi) is 3.25. The van der Waals surface area contributed by atoms with E-state index in [9.17, 15) is 0 Å². The van der Waals surface area contributed by atoms with Crippen molar-refractivity contribution in [3.63, 3.8) is 0 Å². The molecule has 100 valence electrons. The Balaban J connectivity index is 1.90. The molecule has 2 heterocycles. The van der Waals surface area contributed by atoms with Crippen LogP contribution in [0.5, 0.6) is 0 Å². The minimum Gasteiger partial charge on any atom is -0.397 e. The molecule has 3 rings (SSSR count). The third-order valence-electron chi connectivity index (χ3n) is 3.78. The van der Waals surface area contributed by atoms with Gasteiger partial charge < -0.3 is 16.0 Å². The van der Waals surface area contributed by atoms with Crippen LogP contribution in [-0.2, 0) is 0 Å². The average Bonchev–Trinajstić information content (AvgIpc) is 2.42. The number of anilines is 2. The van der Waals surface area contributed by atoms with Gasteiger partial charge in [-0.25, -0.2) is 0 Å². The highest BCUT2D eigenvalue weighted by Crippen LogP contribution is 2.27. The number of hydrogen-bond donors (Lipinski definition) is 2. The van der Waals surface area contributed by atoms with Crippen molar-refractivity contribution < 1.29 is 0 Å². The molecule has 1 aliphatic heterocycles. The number of fused-ring (bicyclic) bond motifs is 1. The van der Waals surface area contributed by atoms with Crippen molar-refractivity contribution in [2.75, 3.05) is 31.2 Å². The third kappa shape index (κ3) is 2.49. The molecule has 1 saturated heterocycles. The second-order valence-corrected chi connectivity index (χ2v) is 5.35. The summed E-state index contributed by atoms with van der Waals surface area (Å²) in [5.41, 5.74) is 8.74. The molecular weight excluding hydrogens is 236 g/mol. The van der Waals surface area contributed by atoms with Gasteiger partial charge in [-0.15, -0.1) is 0 Å². The quantitative estimate of drug-likeness (QED) is 0.810. The molecule has 4 nitrogen and oxygen atoms in total. The van der Waals surface area contributed by atoms with Crippen LogP contribution < -0.4 is 11.1 Å². The number of nitrogens with one attached hydrogen (secondary N) is 1. The van der Waals surface area contributed by atoms with Gasteiger partial charge in [0.15, 0.2) is 0 Å². The van der Waals surface area contributed by atoms with Gasteiger partial charge in [-0.05, 0) is 50.7 Å². The number of piperidine rings is 1. The lowest BCUT2D eigenvalue weighted by atomic mass is 10.0. The molecule has 1 aromatic carbocycles. The molecule has 0 radical (unpaired) electrons. The fourth-order valence-electron chi connectivity index (χ4n) is 2.82. The number of nitrogens with two attached hydrogens (primary N) is 1. The van der Waals surface area contributed by atoms with Gasteiger partial charge in [0, 0.05) is 29.9 Å². The van der Waals surface area contributed by atoms with Crippen LogP contribution in [0.3, 0.4) is 0 Å². The lowest BCUT2D eigenvalue weighted by molar-refractivity contribution is 0.261. The van der Waals surface area contributed by atoms with Crippen molar-refractivity contribution in [3.8, 4) is 0 Å². The first kappa shape index (κ1) is 12.2. The van der Waals surface area contributed by atoms with E-state index >= 15 is 0 Å². The van der Waals surface area contributed by atoms with E-state index in [0.29, 0.717) is 6.04 Å². The molecule has 0 amide bonds. The molecule has 0 bridgehead atoms. The van der Waals surface area contributed by atoms with Gasteiger partial charge in [0.25, 0.3) is 0 Å². The second-order valence-electron chi connectivity index (χ2n) is 5.35. The molecule has 4 heteroatoms. The summed E-state index contributed by atoms with van der Waals surface area (Å²) in [5.74, 6) is 0. The normalized spacial score (nSPS) is 20.6. The lowest BCUT2D eigenvalue weighted by Gasteiger charge is -2.31. The fourth-order valence-corrected chi connectivity index (χ4v) is 2.82. The number of nitrogen functional groups attached to an aromatic ring is 1. The van der Waals surface area contributed by atoms with E-state index < -0.39 is 0 Å². The van der Waals surface area contributed by atoms with Gasteiger partial charge in [-0.2, -0.15) is 0 Å². The Morgan fingerprint density at radius 1 is 1.37 bits per heavy atom. The highest BCUT2D eigenvalue weighted by atomic mass is 15.1. The van der Waals surface area contributed by atoms with Gasteiger partial charge in [-0.3, -0.25) is 4.98 Å². The van der Waals surface area contributed by atoms with Crippen molar-refractivity contribution >= 4 is 22.3 Å². The summed E-state index contributed by atoms with van der Waals surface area (Å²) in [7, 11) is 2.18. The monoisotopic (exact) mass is 256 g/mol. The van der Waals surface area contributed by atoms with Gasteiger partial charge >= 0.3 is 0 Å². The molecule has 1 aromatic heterocycles. The summed E-state index contributed by atoms with van der Waals surface area (Å²) < 4.78 is 0. The summed E-state index contributed by atoms with van der Waals surface area (Å²) in [6.07, 6.45) is 4.26. The maximum atomic E-state index is 5.98. The van der Waals surface area contributed by atoms with Crippen molar-refractivity contribution in [3.05, 3.63) is 30.5 Å². The van der Waals surface area contributed by atoms with Crippen molar-refractivity contribution in [2.45, 2.75) is 18.9 Å². The van der Waals surface area contributed by atoms with Gasteiger partial charge in [0.1, 0.15) is 0 Å². The third-order valence-corrected chi connectivity index (χ3v) is 3.78. The molecule has 2 aromatic rings. The highest BCUT2D eigenvalue weighted by Gasteiger charge is 2.17. The summed E-state index contributed by atoms with van der Waals surface area (Å²) in [4.78, 5) is 6.75. The van der Waals surface area contributed by atoms with Crippen LogP contribution in [0, 0.1) is 0 Å².